The van der Waals surface area contributed by atoms with E-state index in [4.69, 9.17) is 22.1 Å². The van der Waals surface area contributed by atoms with E-state index in [1.807, 2.05) is 0 Å². The molecule has 0 aliphatic carbocycles. The Labute approximate surface area is 128 Å². The number of halogens is 1. The number of benzene rings is 2. The minimum absolute atomic E-state index is 0.00762. The van der Waals surface area contributed by atoms with E-state index in [1.165, 1.54) is 32.4 Å². The number of para-hydroxylation sites is 2. The second-order valence-corrected chi connectivity index (χ2v) is 6.68. The molecule has 0 fully saturated rings. The molecule has 2 aromatic carbocycles. The zero-order chi connectivity index (χ0) is 15.6. The Morgan fingerprint density at radius 1 is 1.19 bits per heavy atom. The molecule has 0 spiro atoms. The molecular weight excluding hydrogens is 312 g/mol. The zero-order valence-corrected chi connectivity index (χ0v) is 13.1. The van der Waals surface area contributed by atoms with Gasteiger partial charge in [0.2, 0.25) is 0 Å². The van der Waals surface area contributed by atoms with Crippen molar-refractivity contribution in [3.05, 3.63) is 47.5 Å². The summed E-state index contributed by atoms with van der Waals surface area (Å²) in [7, 11) is -0.880. The Hall–Kier alpha value is -1.92. The molecule has 2 aromatic rings. The van der Waals surface area contributed by atoms with Gasteiger partial charge < -0.3 is 10.5 Å². The van der Waals surface area contributed by atoms with E-state index in [0.717, 1.165) is 4.31 Å². The van der Waals surface area contributed by atoms with Crippen molar-refractivity contribution in [2.24, 2.45) is 0 Å². The Morgan fingerprint density at radius 2 is 1.86 bits per heavy atom. The van der Waals surface area contributed by atoms with Gasteiger partial charge in [-0.15, -0.1) is 0 Å². The first-order valence-electron chi connectivity index (χ1n) is 6.05. The van der Waals surface area contributed by atoms with Crippen LogP contribution in [0.5, 0.6) is 5.75 Å². The van der Waals surface area contributed by atoms with E-state index in [1.54, 1.807) is 24.3 Å². The van der Waals surface area contributed by atoms with Crippen LogP contribution < -0.4 is 14.8 Å². The average Bonchev–Trinajstić information content (AvgIpc) is 2.46. The van der Waals surface area contributed by atoms with Crippen molar-refractivity contribution >= 4 is 33.0 Å². The number of nitrogens with zero attached hydrogens (tertiary/aromatic N) is 1. The molecule has 0 aliphatic heterocycles. The molecule has 0 unspecified atom stereocenters. The van der Waals surface area contributed by atoms with Crippen LogP contribution in [0.2, 0.25) is 5.02 Å². The van der Waals surface area contributed by atoms with Gasteiger partial charge in [0, 0.05) is 12.7 Å². The van der Waals surface area contributed by atoms with Gasteiger partial charge in [0.05, 0.1) is 17.8 Å². The highest BCUT2D eigenvalue weighted by molar-refractivity contribution is 7.93. The summed E-state index contributed by atoms with van der Waals surface area (Å²) in [4.78, 5) is -0.00762. The largest absolute Gasteiger partial charge is 0.495 e. The maximum Gasteiger partial charge on any atom is 0.265 e. The number of rotatable bonds is 4. The van der Waals surface area contributed by atoms with Gasteiger partial charge in [0.25, 0.3) is 10.0 Å². The second kappa shape index (κ2) is 5.83. The monoisotopic (exact) mass is 326 g/mol. The minimum Gasteiger partial charge on any atom is -0.495 e. The van der Waals surface area contributed by atoms with E-state index in [-0.39, 0.29) is 9.92 Å². The zero-order valence-electron chi connectivity index (χ0n) is 11.6. The van der Waals surface area contributed by atoms with Crippen LogP contribution in [0.1, 0.15) is 0 Å². The van der Waals surface area contributed by atoms with Crippen molar-refractivity contribution in [3.8, 4) is 5.75 Å². The summed E-state index contributed by atoms with van der Waals surface area (Å²) in [5, 5.41) is 0.0803. The topological polar surface area (TPSA) is 72.6 Å². The molecule has 7 heteroatoms. The third-order valence-electron chi connectivity index (χ3n) is 3.02. The van der Waals surface area contributed by atoms with Gasteiger partial charge in [-0.2, -0.15) is 0 Å². The van der Waals surface area contributed by atoms with Crippen LogP contribution in [0.15, 0.2) is 47.4 Å². The van der Waals surface area contributed by atoms with Gasteiger partial charge in [-0.1, -0.05) is 23.7 Å². The molecule has 2 N–H and O–H groups in total. The lowest BCUT2D eigenvalue weighted by molar-refractivity contribution is 0.416. The maximum atomic E-state index is 12.7. The van der Waals surface area contributed by atoms with Crippen LogP contribution in [0.25, 0.3) is 0 Å². The summed E-state index contributed by atoms with van der Waals surface area (Å²) in [6, 6.07) is 11.1. The summed E-state index contributed by atoms with van der Waals surface area (Å²) in [5.41, 5.74) is 6.42. The van der Waals surface area contributed by atoms with E-state index in [0.29, 0.717) is 17.1 Å². The fourth-order valence-corrected chi connectivity index (χ4v) is 3.62. The number of nitrogens with two attached hydrogens (primary N) is 1. The number of nitrogen functional groups attached to an aromatic ring is 1. The van der Waals surface area contributed by atoms with Gasteiger partial charge >= 0.3 is 0 Å². The number of ether oxygens (including phenoxy) is 1. The van der Waals surface area contributed by atoms with E-state index in [9.17, 15) is 8.42 Å². The lowest BCUT2D eigenvalue weighted by Gasteiger charge is -2.22. The first kappa shape index (κ1) is 15.5. The van der Waals surface area contributed by atoms with Crippen molar-refractivity contribution in [1.29, 1.82) is 0 Å². The summed E-state index contributed by atoms with van der Waals surface area (Å²) in [5.74, 6) is 0.454. The summed E-state index contributed by atoms with van der Waals surface area (Å²) >= 11 is 6.00. The number of hydrogen-bond donors (Lipinski definition) is 1. The standard InChI is InChI=1S/C14H15ClN2O3S/c1-17(12-5-3-4-6-13(12)20-2)21(18,19)14-8-7-10(16)9-11(14)15/h3-9H,16H2,1-2H3. The third-order valence-corrected chi connectivity index (χ3v) is 5.27. The van der Waals surface area contributed by atoms with Gasteiger partial charge in [-0.25, -0.2) is 8.42 Å². The van der Waals surface area contributed by atoms with E-state index < -0.39 is 10.0 Å². The fraction of sp³-hybridized carbons (Fsp3) is 0.143. The number of methoxy groups -OCH3 is 1. The molecule has 0 saturated carbocycles. The summed E-state index contributed by atoms with van der Waals surface area (Å²) in [6.45, 7) is 0. The van der Waals surface area contributed by atoms with E-state index >= 15 is 0 Å². The van der Waals surface area contributed by atoms with Gasteiger partial charge in [-0.05, 0) is 30.3 Å². The Bertz CT molecular complexity index is 763. The molecule has 2 rings (SSSR count). The third kappa shape index (κ3) is 2.91. The Kier molecular flexibility index (Phi) is 4.29. The highest BCUT2D eigenvalue weighted by Gasteiger charge is 2.25. The van der Waals surface area contributed by atoms with Crippen molar-refractivity contribution in [2.75, 3.05) is 24.2 Å². The van der Waals surface area contributed by atoms with Gasteiger partial charge in [-0.3, -0.25) is 4.31 Å². The lowest BCUT2D eigenvalue weighted by Crippen LogP contribution is -2.27. The molecule has 0 amide bonds. The second-order valence-electron chi connectivity index (χ2n) is 4.33. The van der Waals surface area contributed by atoms with Crippen LogP contribution in [0.4, 0.5) is 11.4 Å². The normalized spacial score (nSPS) is 11.2. The van der Waals surface area contributed by atoms with Crippen LogP contribution in [0, 0.1) is 0 Å². The molecule has 0 bridgehead atoms. The van der Waals surface area contributed by atoms with Gasteiger partial charge in [0.1, 0.15) is 10.6 Å². The molecule has 0 aromatic heterocycles. The van der Waals surface area contributed by atoms with E-state index in [2.05, 4.69) is 0 Å². The molecule has 0 heterocycles. The molecule has 0 radical (unpaired) electrons. The maximum absolute atomic E-state index is 12.7. The molecule has 5 nitrogen and oxygen atoms in total. The van der Waals surface area contributed by atoms with Crippen molar-refractivity contribution in [1.82, 2.24) is 0 Å². The predicted octanol–water partition coefficient (Wildman–Crippen LogP) is 2.76. The van der Waals surface area contributed by atoms with Crippen LogP contribution in [-0.4, -0.2) is 22.6 Å². The number of hydrogen-bond acceptors (Lipinski definition) is 4. The molecular formula is C14H15ClN2O3S. The van der Waals surface area contributed by atoms with Crippen LogP contribution in [0.3, 0.4) is 0 Å². The average molecular weight is 327 g/mol. The van der Waals surface area contributed by atoms with Crippen molar-refractivity contribution in [2.45, 2.75) is 4.90 Å². The molecule has 112 valence electrons. The van der Waals surface area contributed by atoms with Crippen molar-refractivity contribution < 1.29 is 13.2 Å². The lowest BCUT2D eigenvalue weighted by atomic mass is 10.3. The molecule has 0 atom stereocenters. The smallest absolute Gasteiger partial charge is 0.265 e. The molecule has 0 aliphatic rings. The SMILES string of the molecule is COc1ccccc1N(C)S(=O)(=O)c1ccc(N)cc1Cl. The number of anilines is 2. The van der Waals surface area contributed by atoms with Crippen molar-refractivity contribution in [3.63, 3.8) is 0 Å². The molecule has 21 heavy (non-hydrogen) atoms. The highest BCUT2D eigenvalue weighted by atomic mass is 35.5. The quantitative estimate of drug-likeness (QED) is 0.877. The minimum atomic E-state index is -3.81. The summed E-state index contributed by atoms with van der Waals surface area (Å²) < 4.78 is 31.7. The fourth-order valence-electron chi connectivity index (χ4n) is 1.89. The first-order valence-corrected chi connectivity index (χ1v) is 7.86. The number of sulfonamides is 1. The van der Waals surface area contributed by atoms with Crippen LogP contribution in [-0.2, 0) is 10.0 Å². The highest BCUT2D eigenvalue weighted by Crippen LogP contribution is 2.33. The first-order chi connectivity index (χ1) is 9.87. The molecule has 0 saturated heterocycles. The Balaban J connectivity index is 2.53. The predicted molar refractivity (Wildman–Crippen MR) is 84.4 cm³/mol. The summed E-state index contributed by atoms with van der Waals surface area (Å²) in [6.07, 6.45) is 0. The van der Waals surface area contributed by atoms with Crippen LogP contribution >= 0.6 is 11.6 Å². The Morgan fingerprint density at radius 3 is 2.48 bits per heavy atom. The van der Waals surface area contributed by atoms with Gasteiger partial charge in [0.15, 0.2) is 0 Å².